The van der Waals surface area contributed by atoms with Crippen LogP contribution in [0.4, 0.5) is 4.39 Å². The minimum Gasteiger partial charge on any atom is -0.305 e. The molecule has 1 saturated heterocycles. The van der Waals surface area contributed by atoms with Crippen molar-refractivity contribution in [1.29, 1.82) is 0 Å². The molecule has 1 atom stereocenters. The van der Waals surface area contributed by atoms with Crippen LogP contribution in [0.25, 0.3) is 0 Å². The number of hydrogen-bond acceptors (Lipinski definition) is 2. The first-order valence-corrected chi connectivity index (χ1v) is 7.76. The predicted octanol–water partition coefficient (Wildman–Crippen LogP) is 3.50. The second-order valence-corrected chi connectivity index (χ2v) is 6.24. The summed E-state index contributed by atoms with van der Waals surface area (Å²) in [5.74, 6) is -0.182. The molecule has 1 aromatic rings. The number of benzene rings is 1. The van der Waals surface area contributed by atoms with E-state index in [9.17, 15) is 4.39 Å². The summed E-state index contributed by atoms with van der Waals surface area (Å²) in [7, 11) is 2.19. The van der Waals surface area contributed by atoms with Gasteiger partial charge in [0.2, 0.25) is 0 Å². The molecule has 4 heteroatoms. The van der Waals surface area contributed by atoms with Gasteiger partial charge < -0.3 is 4.90 Å². The van der Waals surface area contributed by atoms with Crippen molar-refractivity contribution in [2.75, 3.05) is 26.7 Å². The van der Waals surface area contributed by atoms with E-state index in [0.29, 0.717) is 6.04 Å². The summed E-state index contributed by atoms with van der Waals surface area (Å²) in [5.41, 5.74) is 1.17. The fourth-order valence-electron chi connectivity index (χ4n) is 2.76. The van der Waals surface area contributed by atoms with Gasteiger partial charge in [-0.1, -0.05) is 28.9 Å². The highest BCUT2D eigenvalue weighted by atomic mass is 79.9. The van der Waals surface area contributed by atoms with Gasteiger partial charge in [-0.05, 0) is 44.1 Å². The van der Waals surface area contributed by atoms with Crippen molar-refractivity contribution < 1.29 is 4.39 Å². The lowest BCUT2D eigenvalue weighted by molar-refractivity contribution is 0.175. The molecule has 19 heavy (non-hydrogen) atoms. The molecule has 1 fully saturated rings. The molecule has 0 saturated carbocycles. The van der Waals surface area contributed by atoms with Gasteiger partial charge in [0.25, 0.3) is 0 Å². The van der Waals surface area contributed by atoms with Crippen LogP contribution in [0.5, 0.6) is 0 Å². The minimum atomic E-state index is -0.182. The van der Waals surface area contributed by atoms with E-state index in [1.54, 1.807) is 12.1 Å². The van der Waals surface area contributed by atoms with Crippen LogP contribution in [0, 0.1) is 5.82 Å². The number of halogens is 2. The summed E-state index contributed by atoms with van der Waals surface area (Å²) in [6.45, 7) is 6.54. The summed E-state index contributed by atoms with van der Waals surface area (Å²) in [6, 6.07) is 5.58. The van der Waals surface area contributed by atoms with Gasteiger partial charge in [-0.25, -0.2) is 4.39 Å². The van der Waals surface area contributed by atoms with Crippen molar-refractivity contribution in [2.24, 2.45) is 0 Å². The molecule has 0 radical (unpaired) electrons. The monoisotopic (exact) mass is 328 g/mol. The maximum Gasteiger partial charge on any atom is 0.124 e. The zero-order valence-electron chi connectivity index (χ0n) is 11.7. The molecule has 0 amide bonds. The Labute approximate surface area is 123 Å². The summed E-state index contributed by atoms with van der Waals surface area (Å²) < 4.78 is 14.0. The lowest BCUT2D eigenvalue weighted by Gasteiger charge is -2.30. The molecule has 1 unspecified atom stereocenters. The van der Waals surface area contributed by atoms with Crippen molar-refractivity contribution in [3.8, 4) is 0 Å². The van der Waals surface area contributed by atoms with Gasteiger partial charge in [0.05, 0.1) is 0 Å². The maximum absolute atomic E-state index is 13.1. The first-order valence-electron chi connectivity index (χ1n) is 6.96. The maximum atomic E-state index is 13.1. The highest BCUT2D eigenvalue weighted by Crippen LogP contribution is 2.22. The Balaban J connectivity index is 2.11. The molecule has 0 spiro atoms. The SMILES string of the molecule is CCC1CN(C)CCCN1Cc1ccc(F)cc1Br. The number of likely N-dealkylation sites (N-methyl/N-ethyl adjacent to an activating group) is 1. The molecule has 1 aliphatic rings. The number of hydrogen-bond donors (Lipinski definition) is 0. The Morgan fingerprint density at radius 2 is 2.16 bits per heavy atom. The van der Waals surface area contributed by atoms with Crippen LogP contribution in [-0.2, 0) is 6.54 Å². The fourth-order valence-corrected chi connectivity index (χ4v) is 3.23. The largest absolute Gasteiger partial charge is 0.305 e. The number of rotatable bonds is 3. The molecule has 0 N–H and O–H groups in total. The van der Waals surface area contributed by atoms with Gasteiger partial charge >= 0.3 is 0 Å². The van der Waals surface area contributed by atoms with Gasteiger partial charge in [0.1, 0.15) is 5.82 Å². The normalized spacial score (nSPS) is 22.4. The second-order valence-electron chi connectivity index (χ2n) is 5.38. The Morgan fingerprint density at radius 1 is 1.37 bits per heavy atom. The van der Waals surface area contributed by atoms with Crippen LogP contribution >= 0.6 is 15.9 Å². The molecule has 0 aromatic heterocycles. The van der Waals surface area contributed by atoms with E-state index < -0.39 is 0 Å². The van der Waals surface area contributed by atoms with Crippen LogP contribution in [0.2, 0.25) is 0 Å². The van der Waals surface area contributed by atoms with Gasteiger partial charge in [0, 0.05) is 30.1 Å². The van der Waals surface area contributed by atoms with E-state index in [0.717, 1.165) is 37.1 Å². The van der Waals surface area contributed by atoms with E-state index in [-0.39, 0.29) is 5.82 Å². The van der Waals surface area contributed by atoms with Crippen molar-refractivity contribution >= 4 is 15.9 Å². The van der Waals surface area contributed by atoms with E-state index in [1.807, 2.05) is 6.07 Å². The third-order valence-electron chi connectivity index (χ3n) is 3.88. The van der Waals surface area contributed by atoms with E-state index in [1.165, 1.54) is 12.0 Å². The van der Waals surface area contributed by atoms with Crippen molar-refractivity contribution in [3.63, 3.8) is 0 Å². The van der Waals surface area contributed by atoms with E-state index in [2.05, 4.69) is 39.7 Å². The van der Waals surface area contributed by atoms with Gasteiger partial charge in [-0.2, -0.15) is 0 Å². The Hall–Kier alpha value is -0.450. The van der Waals surface area contributed by atoms with Crippen molar-refractivity contribution in [2.45, 2.75) is 32.4 Å². The predicted molar refractivity (Wildman–Crippen MR) is 80.7 cm³/mol. The lowest BCUT2D eigenvalue weighted by Crippen LogP contribution is -2.39. The first-order chi connectivity index (χ1) is 9.10. The molecular formula is C15H22BrFN2. The fraction of sp³-hybridized carbons (Fsp3) is 0.600. The number of nitrogens with zero attached hydrogens (tertiary/aromatic N) is 2. The van der Waals surface area contributed by atoms with Crippen molar-refractivity contribution in [1.82, 2.24) is 9.80 Å². The standard InChI is InChI=1S/C15H22BrFN2/c1-3-14-11-18(2)7-4-8-19(14)10-12-5-6-13(17)9-15(12)16/h5-6,9,14H,3-4,7-8,10-11H2,1-2H3. The van der Waals surface area contributed by atoms with Crippen LogP contribution in [-0.4, -0.2) is 42.5 Å². The third kappa shape index (κ3) is 4.01. The zero-order chi connectivity index (χ0) is 13.8. The van der Waals surface area contributed by atoms with Gasteiger partial charge in [-0.3, -0.25) is 4.90 Å². The minimum absolute atomic E-state index is 0.182. The lowest BCUT2D eigenvalue weighted by atomic mass is 10.1. The van der Waals surface area contributed by atoms with Crippen LogP contribution < -0.4 is 0 Å². The van der Waals surface area contributed by atoms with Gasteiger partial charge in [-0.15, -0.1) is 0 Å². The summed E-state index contributed by atoms with van der Waals surface area (Å²) in [5, 5.41) is 0. The average Bonchev–Trinajstić information content (AvgIpc) is 2.54. The molecule has 1 aromatic carbocycles. The molecule has 1 heterocycles. The third-order valence-corrected chi connectivity index (χ3v) is 4.62. The molecular weight excluding hydrogens is 307 g/mol. The highest BCUT2D eigenvalue weighted by molar-refractivity contribution is 9.10. The van der Waals surface area contributed by atoms with E-state index >= 15 is 0 Å². The van der Waals surface area contributed by atoms with Crippen LogP contribution in [0.3, 0.4) is 0 Å². The smallest absolute Gasteiger partial charge is 0.124 e. The molecule has 0 bridgehead atoms. The first kappa shape index (κ1) is 14.9. The molecule has 2 rings (SSSR count). The molecule has 1 aliphatic heterocycles. The zero-order valence-corrected chi connectivity index (χ0v) is 13.3. The summed E-state index contributed by atoms with van der Waals surface area (Å²) in [6.07, 6.45) is 2.36. The molecule has 2 nitrogen and oxygen atoms in total. The van der Waals surface area contributed by atoms with Gasteiger partial charge in [0.15, 0.2) is 0 Å². The Bertz CT molecular complexity index is 425. The summed E-state index contributed by atoms with van der Waals surface area (Å²) in [4.78, 5) is 4.94. The molecule has 106 valence electrons. The van der Waals surface area contributed by atoms with Crippen molar-refractivity contribution in [3.05, 3.63) is 34.1 Å². The quantitative estimate of drug-likeness (QED) is 0.837. The van der Waals surface area contributed by atoms with Crippen LogP contribution in [0.1, 0.15) is 25.3 Å². The Morgan fingerprint density at radius 3 is 2.84 bits per heavy atom. The highest BCUT2D eigenvalue weighted by Gasteiger charge is 2.22. The average molecular weight is 329 g/mol. The second kappa shape index (κ2) is 6.82. The summed E-state index contributed by atoms with van der Waals surface area (Å²) >= 11 is 3.47. The Kier molecular flexibility index (Phi) is 5.37. The van der Waals surface area contributed by atoms with E-state index in [4.69, 9.17) is 0 Å². The topological polar surface area (TPSA) is 6.48 Å². The van der Waals surface area contributed by atoms with Crippen LogP contribution in [0.15, 0.2) is 22.7 Å². The molecule has 0 aliphatic carbocycles.